The molecule has 346 valence electrons. The number of para-hydroxylation sites is 1. The van der Waals surface area contributed by atoms with Crippen molar-refractivity contribution in [3.8, 4) is 50.2 Å². The maximum atomic E-state index is 2.48. The number of rotatable bonds is 5. The molecule has 0 aliphatic heterocycles. The van der Waals surface area contributed by atoms with Crippen LogP contribution in [0.2, 0.25) is 0 Å². The minimum atomic E-state index is 1.14. The normalized spacial score (nSPS) is 12.0. The smallest absolute Gasteiger partial charge is 0.0541 e. The van der Waals surface area contributed by atoms with Crippen molar-refractivity contribution in [2.24, 2.45) is 0 Å². The molecule has 0 N–H and O–H groups in total. The van der Waals surface area contributed by atoms with Crippen LogP contribution in [0.4, 0.5) is 0 Å². The fraction of sp³-hybridized carbons (Fsp3) is 0. The van der Waals surface area contributed by atoms with Crippen molar-refractivity contribution in [1.82, 2.24) is 4.57 Å². The highest BCUT2D eigenvalue weighted by atomic mass is 15.0. The second-order valence-corrected chi connectivity index (χ2v) is 20.2. The van der Waals surface area contributed by atoms with Crippen LogP contribution in [0.3, 0.4) is 0 Å². The van der Waals surface area contributed by atoms with E-state index in [1.807, 2.05) is 0 Å². The van der Waals surface area contributed by atoms with Gasteiger partial charge in [-0.3, -0.25) is 0 Å². The van der Waals surface area contributed by atoms with E-state index >= 15 is 0 Å². The molecular weight excluding hydrogens is 903 g/mol. The zero-order valence-corrected chi connectivity index (χ0v) is 40.9. The van der Waals surface area contributed by atoms with Gasteiger partial charge in [0, 0.05) is 16.5 Å². The second-order valence-electron chi connectivity index (χ2n) is 20.2. The van der Waals surface area contributed by atoms with Crippen LogP contribution in [0.15, 0.2) is 273 Å². The molecule has 0 saturated heterocycles. The molecule has 0 saturated carbocycles. The van der Waals surface area contributed by atoms with Crippen molar-refractivity contribution < 1.29 is 0 Å². The van der Waals surface area contributed by atoms with E-state index < -0.39 is 0 Å². The number of hydrogen-bond acceptors (Lipinski definition) is 0. The van der Waals surface area contributed by atoms with E-state index in [1.165, 1.54) is 152 Å². The summed E-state index contributed by atoms with van der Waals surface area (Å²) in [5.74, 6) is 0. The van der Waals surface area contributed by atoms with Crippen molar-refractivity contribution in [2.75, 3.05) is 0 Å². The molecule has 0 bridgehead atoms. The first-order chi connectivity index (χ1) is 37.2. The lowest BCUT2D eigenvalue weighted by atomic mass is 9.83. The summed E-state index contributed by atoms with van der Waals surface area (Å²) in [5, 5.41) is 22.6. The number of benzene rings is 15. The van der Waals surface area contributed by atoms with E-state index in [0.717, 1.165) is 5.69 Å². The molecule has 0 amide bonds. The molecule has 0 radical (unpaired) electrons. The Bertz CT molecular complexity index is 4640. The number of hydrogen-bond donors (Lipinski definition) is 0. The fourth-order valence-corrected chi connectivity index (χ4v) is 13.2. The monoisotopic (exact) mass is 947 g/mol. The Kier molecular flexibility index (Phi) is 9.10. The van der Waals surface area contributed by atoms with Crippen LogP contribution in [0.1, 0.15) is 0 Å². The van der Waals surface area contributed by atoms with E-state index in [9.17, 15) is 0 Å². The number of aromatic nitrogens is 1. The van der Waals surface area contributed by atoms with Gasteiger partial charge in [0.25, 0.3) is 0 Å². The highest BCUT2D eigenvalue weighted by Crippen LogP contribution is 2.50. The standard InChI is InChI=1S/C74H45N/c1-2-22-50(23-3-1)75-69-40-38-48(71-57-30-12-16-34-61(57)73(62-35-17-13-31-58(62)71)67-42-46-20-4-6-24-51(46)53-26-8-10-28-55(53)67)44-65(69)66-45-49(39-41-70(66)75)72-59-32-14-18-36-63(59)74(64-37-19-15-33-60(64)72)68-43-47-21-5-7-25-52(47)54-27-9-11-29-56(54)68/h1-45H. The SMILES string of the molecule is c1ccc(-n2c3ccc(-c4c5ccccc5c(-c5cc6ccccc6c6ccccc56)c5ccccc45)cc3c3cc(-c4c5ccccc5c(-c5cc6ccccc6c6ccccc56)c5ccccc45)ccc32)cc1. The zero-order chi connectivity index (χ0) is 49.1. The first-order valence-electron chi connectivity index (χ1n) is 26.1. The molecule has 0 fully saturated rings. The van der Waals surface area contributed by atoms with Crippen molar-refractivity contribution in [3.05, 3.63) is 273 Å². The average molecular weight is 948 g/mol. The van der Waals surface area contributed by atoms with Crippen LogP contribution < -0.4 is 0 Å². The van der Waals surface area contributed by atoms with Crippen molar-refractivity contribution in [1.29, 1.82) is 0 Å². The van der Waals surface area contributed by atoms with Gasteiger partial charge in [-0.05, 0) is 179 Å². The summed E-state index contributed by atoms with van der Waals surface area (Å²) < 4.78 is 2.45. The molecule has 15 aromatic carbocycles. The molecule has 1 heteroatoms. The largest absolute Gasteiger partial charge is 0.309 e. The molecule has 75 heavy (non-hydrogen) atoms. The first-order valence-corrected chi connectivity index (χ1v) is 26.1. The summed E-state index contributed by atoms with van der Waals surface area (Å²) in [6.45, 7) is 0. The predicted molar refractivity (Wildman–Crippen MR) is 323 cm³/mol. The van der Waals surface area contributed by atoms with Gasteiger partial charge in [-0.15, -0.1) is 0 Å². The van der Waals surface area contributed by atoms with E-state index in [2.05, 4.69) is 278 Å². The third-order valence-corrected chi connectivity index (χ3v) is 16.3. The molecule has 16 aromatic rings. The van der Waals surface area contributed by atoms with Crippen molar-refractivity contribution in [2.45, 2.75) is 0 Å². The Labute approximate surface area is 433 Å². The quantitative estimate of drug-likeness (QED) is 0.120. The van der Waals surface area contributed by atoms with Gasteiger partial charge >= 0.3 is 0 Å². The Morgan fingerprint density at radius 3 is 0.853 bits per heavy atom. The Balaban J connectivity index is 0.964. The van der Waals surface area contributed by atoms with E-state index in [4.69, 9.17) is 0 Å². The molecule has 1 nitrogen and oxygen atoms in total. The van der Waals surface area contributed by atoms with E-state index in [1.54, 1.807) is 0 Å². The van der Waals surface area contributed by atoms with E-state index in [-0.39, 0.29) is 0 Å². The summed E-state index contributed by atoms with van der Waals surface area (Å²) in [6.07, 6.45) is 0. The number of nitrogens with zero attached hydrogens (tertiary/aromatic N) is 1. The average Bonchev–Trinajstić information content (AvgIpc) is 3.82. The summed E-state index contributed by atoms with van der Waals surface area (Å²) in [4.78, 5) is 0. The van der Waals surface area contributed by atoms with Gasteiger partial charge in [0.2, 0.25) is 0 Å². The molecule has 0 atom stereocenters. The lowest BCUT2D eigenvalue weighted by molar-refractivity contribution is 1.18. The molecule has 0 aliphatic rings. The Hall–Kier alpha value is -9.82. The molecule has 0 aliphatic carbocycles. The van der Waals surface area contributed by atoms with Crippen molar-refractivity contribution in [3.63, 3.8) is 0 Å². The first kappa shape index (κ1) is 41.8. The Morgan fingerprint density at radius 1 is 0.187 bits per heavy atom. The lowest BCUT2D eigenvalue weighted by Gasteiger charge is -2.20. The summed E-state index contributed by atoms with van der Waals surface area (Å²) in [6, 6.07) is 102. The zero-order valence-electron chi connectivity index (χ0n) is 40.9. The third kappa shape index (κ3) is 6.19. The van der Waals surface area contributed by atoms with Crippen LogP contribution in [0, 0.1) is 0 Å². The summed E-state index contributed by atoms with van der Waals surface area (Å²) >= 11 is 0. The molecule has 1 aromatic heterocycles. The van der Waals surface area contributed by atoms with Gasteiger partial charge in [0.05, 0.1) is 11.0 Å². The van der Waals surface area contributed by atoms with Gasteiger partial charge in [0.1, 0.15) is 0 Å². The van der Waals surface area contributed by atoms with Gasteiger partial charge in [0.15, 0.2) is 0 Å². The van der Waals surface area contributed by atoms with Crippen LogP contribution in [-0.4, -0.2) is 4.57 Å². The summed E-state index contributed by atoms with van der Waals surface area (Å²) in [7, 11) is 0. The molecule has 0 spiro atoms. The maximum absolute atomic E-state index is 2.48. The molecular formula is C74H45N. The number of fused-ring (bicyclic) bond motifs is 13. The van der Waals surface area contributed by atoms with Gasteiger partial charge in [-0.25, -0.2) is 0 Å². The molecule has 1 heterocycles. The third-order valence-electron chi connectivity index (χ3n) is 16.3. The van der Waals surface area contributed by atoms with Crippen LogP contribution in [0.25, 0.3) is 158 Å². The van der Waals surface area contributed by atoms with Crippen molar-refractivity contribution >= 4 is 108 Å². The molecule has 0 unspecified atom stereocenters. The van der Waals surface area contributed by atoms with E-state index in [0.29, 0.717) is 0 Å². The van der Waals surface area contributed by atoms with Crippen LogP contribution >= 0.6 is 0 Å². The maximum Gasteiger partial charge on any atom is 0.0541 e. The van der Waals surface area contributed by atoms with Gasteiger partial charge in [-0.1, -0.05) is 224 Å². The highest BCUT2D eigenvalue weighted by Gasteiger charge is 2.23. The van der Waals surface area contributed by atoms with Crippen LogP contribution in [0.5, 0.6) is 0 Å². The minimum Gasteiger partial charge on any atom is -0.309 e. The highest BCUT2D eigenvalue weighted by molar-refractivity contribution is 6.28. The fourth-order valence-electron chi connectivity index (χ4n) is 13.2. The lowest BCUT2D eigenvalue weighted by Crippen LogP contribution is -1.94. The predicted octanol–water partition coefficient (Wildman–Crippen LogP) is 20.7. The molecule has 16 rings (SSSR count). The second kappa shape index (κ2) is 16.3. The van der Waals surface area contributed by atoms with Gasteiger partial charge in [-0.2, -0.15) is 0 Å². The Morgan fingerprint density at radius 2 is 0.480 bits per heavy atom. The topological polar surface area (TPSA) is 4.93 Å². The summed E-state index contributed by atoms with van der Waals surface area (Å²) in [5.41, 5.74) is 13.5. The van der Waals surface area contributed by atoms with Crippen LogP contribution in [-0.2, 0) is 0 Å². The van der Waals surface area contributed by atoms with Gasteiger partial charge < -0.3 is 4.57 Å². The minimum absolute atomic E-state index is 1.14.